The largest absolute Gasteiger partial charge is 0.438 e. The highest BCUT2D eigenvalue weighted by Gasteiger charge is 2.23. The number of halogens is 1. The molecule has 1 amide bonds. The molecule has 3 rings (SSSR count). The molecule has 24 heavy (non-hydrogen) atoms. The summed E-state index contributed by atoms with van der Waals surface area (Å²) in [5, 5.41) is 3.06. The molecular weight excluding hydrogens is 368 g/mol. The molecule has 0 aliphatic rings. The molecule has 0 aliphatic carbocycles. The van der Waals surface area contributed by atoms with Crippen molar-refractivity contribution in [1.29, 1.82) is 0 Å². The lowest BCUT2D eigenvalue weighted by molar-refractivity contribution is 0.0924. The van der Waals surface area contributed by atoms with Crippen LogP contribution < -0.4 is 5.32 Å². The van der Waals surface area contributed by atoms with E-state index in [4.69, 9.17) is 4.42 Å². The number of nitrogens with one attached hydrogen (secondary N) is 1. The van der Waals surface area contributed by atoms with Crippen molar-refractivity contribution in [3.8, 4) is 0 Å². The maximum absolute atomic E-state index is 12.6. The quantitative estimate of drug-likeness (QED) is 0.662. The van der Waals surface area contributed by atoms with Crippen LogP contribution in [0.4, 0.5) is 0 Å². The number of hydrogen-bond donors (Lipinski definition) is 1. The predicted molar refractivity (Wildman–Crippen MR) is 97.8 cm³/mol. The van der Waals surface area contributed by atoms with Crippen molar-refractivity contribution in [2.45, 2.75) is 26.3 Å². The lowest BCUT2D eigenvalue weighted by Crippen LogP contribution is -2.30. The SMILES string of the molecule is CC(C)C[C@@H](NC(=O)c1ccccc1Br)c1nc2ccccc2o1. The standard InChI is InChI=1S/C19H19BrN2O2/c1-12(2)11-16(19-22-15-9-5-6-10-17(15)24-19)21-18(23)13-7-3-4-8-14(13)20/h3-10,12,16H,11H2,1-2H3,(H,21,23)/t16-/m1/s1. The van der Waals surface area contributed by atoms with Gasteiger partial charge in [-0.15, -0.1) is 0 Å². The Labute approximate surface area is 149 Å². The normalized spacial score (nSPS) is 12.5. The predicted octanol–water partition coefficient (Wildman–Crippen LogP) is 5.11. The van der Waals surface area contributed by atoms with Gasteiger partial charge in [0.05, 0.1) is 5.56 Å². The third-order valence-electron chi connectivity index (χ3n) is 3.74. The molecule has 1 aromatic heterocycles. The number of carbonyl (C=O) groups is 1. The van der Waals surface area contributed by atoms with Crippen molar-refractivity contribution < 1.29 is 9.21 Å². The summed E-state index contributed by atoms with van der Waals surface area (Å²) in [6.07, 6.45) is 0.753. The Bertz CT molecular complexity index is 824. The van der Waals surface area contributed by atoms with Gasteiger partial charge in [0, 0.05) is 4.47 Å². The first-order valence-electron chi connectivity index (χ1n) is 7.95. The summed E-state index contributed by atoms with van der Waals surface area (Å²) in [5.41, 5.74) is 2.13. The first-order valence-corrected chi connectivity index (χ1v) is 8.74. The Morgan fingerprint density at radius 3 is 2.58 bits per heavy atom. The fourth-order valence-corrected chi connectivity index (χ4v) is 3.08. The fourth-order valence-electron chi connectivity index (χ4n) is 2.61. The van der Waals surface area contributed by atoms with E-state index >= 15 is 0 Å². The van der Waals surface area contributed by atoms with Crippen LogP contribution in [0.5, 0.6) is 0 Å². The molecule has 124 valence electrons. The van der Waals surface area contributed by atoms with Gasteiger partial charge in [-0.05, 0) is 52.5 Å². The Balaban J connectivity index is 1.89. The number of amides is 1. The molecule has 4 nitrogen and oxygen atoms in total. The number of fused-ring (bicyclic) bond motifs is 1. The zero-order chi connectivity index (χ0) is 17.1. The Kier molecular flexibility index (Phi) is 5.00. The number of benzene rings is 2. The average molecular weight is 387 g/mol. The molecule has 0 unspecified atom stereocenters. The molecule has 1 N–H and O–H groups in total. The highest BCUT2D eigenvalue weighted by Crippen LogP contribution is 2.26. The van der Waals surface area contributed by atoms with Gasteiger partial charge in [-0.3, -0.25) is 4.79 Å². The van der Waals surface area contributed by atoms with Gasteiger partial charge in [0.25, 0.3) is 5.91 Å². The number of carbonyl (C=O) groups excluding carboxylic acids is 1. The van der Waals surface area contributed by atoms with Crippen molar-refractivity contribution in [2.75, 3.05) is 0 Å². The van der Waals surface area contributed by atoms with Crippen molar-refractivity contribution in [3.05, 3.63) is 64.5 Å². The highest BCUT2D eigenvalue weighted by atomic mass is 79.9. The van der Waals surface area contributed by atoms with Crippen LogP contribution in [0, 0.1) is 5.92 Å². The number of hydrogen-bond acceptors (Lipinski definition) is 3. The first-order chi connectivity index (χ1) is 11.5. The van der Waals surface area contributed by atoms with E-state index in [1.165, 1.54) is 0 Å². The lowest BCUT2D eigenvalue weighted by atomic mass is 10.0. The smallest absolute Gasteiger partial charge is 0.253 e. The van der Waals surface area contributed by atoms with Crippen molar-refractivity contribution >= 4 is 32.9 Å². The van der Waals surface area contributed by atoms with E-state index in [-0.39, 0.29) is 11.9 Å². The van der Waals surface area contributed by atoms with Gasteiger partial charge in [0.1, 0.15) is 11.6 Å². The summed E-state index contributed by atoms with van der Waals surface area (Å²) in [5.74, 6) is 0.796. The molecule has 1 atom stereocenters. The summed E-state index contributed by atoms with van der Waals surface area (Å²) in [7, 11) is 0. The second-order valence-corrected chi connectivity index (χ2v) is 7.01. The molecule has 0 spiro atoms. The van der Waals surface area contributed by atoms with Gasteiger partial charge in [-0.1, -0.05) is 38.1 Å². The average Bonchev–Trinajstić information content (AvgIpc) is 2.98. The summed E-state index contributed by atoms with van der Waals surface area (Å²) in [6.45, 7) is 4.22. The molecular formula is C19H19BrN2O2. The molecule has 0 radical (unpaired) electrons. The van der Waals surface area contributed by atoms with Crippen LogP contribution in [0.2, 0.25) is 0 Å². The van der Waals surface area contributed by atoms with Crippen molar-refractivity contribution in [3.63, 3.8) is 0 Å². The molecule has 0 bridgehead atoms. The van der Waals surface area contributed by atoms with Crippen LogP contribution in [0.25, 0.3) is 11.1 Å². The van der Waals surface area contributed by atoms with Crippen LogP contribution in [0.15, 0.2) is 57.4 Å². The van der Waals surface area contributed by atoms with Gasteiger partial charge in [0.2, 0.25) is 5.89 Å². The Morgan fingerprint density at radius 2 is 1.88 bits per heavy atom. The number of rotatable bonds is 5. The Hall–Kier alpha value is -2.14. The molecule has 0 aliphatic heterocycles. The molecule has 0 fully saturated rings. The third-order valence-corrected chi connectivity index (χ3v) is 4.43. The summed E-state index contributed by atoms with van der Waals surface area (Å²) in [6, 6.07) is 14.7. The van der Waals surface area contributed by atoms with E-state index in [0.29, 0.717) is 17.4 Å². The van der Waals surface area contributed by atoms with E-state index in [0.717, 1.165) is 22.0 Å². The van der Waals surface area contributed by atoms with Crippen LogP contribution in [-0.4, -0.2) is 10.9 Å². The molecule has 2 aromatic carbocycles. The fraction of sp³-hybridized carbons (Fsp3) is 0.263. The highest BCUT2D eigenvalue weighted by molar-refractivity contribution is 9.10. The second-order valence-electron chi connectivity index (χ2n) is 6.16. The van der Waals surface area contributed by atoms with Crippen molar-refractivity contribution in [2.24, 2.45) is 5.92 Å². The molecule has 5 heteroatoms. The second kappa shape index (κ2) is 7.18. The van der Waals surface area contributed by atoms with Crippen molar-refractivity contribution in [1.82, 2.24) is 10.3 Å². The minimum atomic E-state index is -0.267. The van der Waals surface area contributed by atoms with E-state index in [1.807, 2.05) is 42.5 Å². The maximum atomic E-state index is 12.6. The molecule has 0 saturated heterocycles. The van der Waals surface area contributed by atoms with E-state index in [2.05, 4.69) is 40.1 Å². The molecule has 0 saturated carbocycles. The zero-order valence-electron chi connectivity index (χ0n) is 13.6. The van der Waals surface area contributed by atoms with Crippen LogP contribution in [0.3, 0.4) is 0 Å². The lowest BCUT2D eigenvalue weighted by Gasteiger charge is -2.18. The summed E-state index contributed by atoms with van der Waals surface area (Å²) in [4.78, 5) is 17.2. The monoisotopic (exact) mass is 386 g/mol. The number of nitrogens with zero attached hydrogens (tertiary/aromatic N) is 1. The van der Waals surface area contributed by atoms with Crippen LogP contribution in [-0.2, 0) is 0 Å². The number of para-hydroxylation sites is 2. The zero-order valence-corrected chi connectivity index (χ0v) is 15.2. The summed E-state index contributed by atoms with van der Waals surface area (Å²) >= 11 is 3.42. The van der Waals surface area contributed by atoms with E-state index in [9.17, 15) is 4.79 Å². The first kappa shape index (κ1) is 16.7. The van der Waals surface area contributed by atoms with Gasteiger partial charge in [-0.25, -0.2) is 4.98 Å². The Morgan fingerprint density at radius 1 is 1.17 bits per heavy atom. The molecule has 1 heterocycles. The van der Waals surface area contributed by atoms with Crippen LogP contribution in [0.1, 0.15) is 42.6 Å². The van der Waals surface area contributed by atoms with Gasteiger partial charge in [0.15, 0.2) is 5.58 Å². The number of oxazole rings is 1. The van der Waals surface area contributed by atoms with Gasteiger partial charge < -0.3 is 9.73 Å². The van der Waals surface area contributed by atoms with Gasteiger partial charge in [-0.2, -0.15) is 0 Å². The topological polar surface area (TPSA) is 55.1 Å². The molecule has 3 aromatic rings. The van der Waals surface area contributed by atoms with E-state index in [1.54, 1.807) is 6.07 Å². The number of aromatic nitrogens is 1. The van der Waals surface area contributed by atoms with Gasteiger partial charge >= 0.3 is 0 Å². The third kappa shape index (κ3) is 3.67. The van der Waals surface area contributed by atoms with E-state index < -0.39 is 0 Å². The van der Waals surface area contributed by atoms with Crippen LogP contribution >= 0.6 is 15.9 Å². The summed E-state index contributed by atoms with van der Waals surface area (Å²) < 4.78 is 6.63. The minimum absolute atomic E-state index is 0.143. The minimum Gasteiger partial charge on any atom is -0.438 e. The maximum Gasteiger partial charge on any atom is 0.253 e.